The summed E-state index contributed by atoms with van der Waals surface area (Å²) in [7, 11) is 3.21. The molecule has 2 rings (SSSR count). The summed E-state index contributed by atoms with van der Waals surface area (Å²) < 4.78 is 10.8. The number of amides is 1. The summed E-state index contributed by atoms with van der Waals surface area (Å²) in [4.78, 5) is 14.4. The van der Waals surface area contributed by atoms with Crippen molar-refractivity contribution in [2.75, 3.05) is 27.4 Å². The van der Waals surface area contributed by atoms with Crippen molar-refractivity contribution in [1.82, 2.24) is 4.90 Å². The van der Waals surface area contributed by atoms with Gasteiger partial charge in [-0.15, -0.1) is 0 Å². The highest BCUT2D eigenvalue weighted by Crippen LogP contribution is 2.33. The molecule has 1 fully saturated rings. The molecular weight excluding hydrogens is 294 g/mol. The van der Waals surface area contributed by atoms with Crippen molar-refractivity contribution in [1.29, 1.82) is 0 Å². The van der Waals surface area contributed by atoms with Gasteiger partial charge in [-0.3, -0.25) is 9.69 Å². The lowest BCUT2D eigenvalue weighted by Gasteiger charge is -2.13. The van der Waals surface area contributed by atoms with E-state index in [9.17, 15) is 4.79 Å². The molecule has 6 heteroatoms. The third kappa shape index (κ3) is 3.20. The number of carbonyl (C=O) groups is 1. The summed E-state index contributed by atoms with van der Waals surface area (Å²) in [5.41, 5.74) is 0.863. The number of methoxy groups -OCH3 is 2. The Kier molecular flexibility index (Phi) is 5.17. The summed E-state index contributed by atoms with van der Waals surface area (Å²) in [6.07, 6.45) is 1.81. The first-order chi connectivity index (χ1) is 9.67. The topological polar surface area (TPSA) is 38.8 Å². The maximum Gasteiger partial charge on any atom is 0.266 e. The number of para-hydroxylation sites is 1. The van der Waals surface area contributed by atoms with Crippen LogP contribution in [0.3, 0.4) is 0 Å². The van der Waals surface area contributed by atoms with Gasteiger partial charge in [0.2, 0.25) is 0 Å². The van der Waals surface area contributed by atoms with E-state index in [-0.39, 0.29) is 5.91 Å². The van der Waals surface area contributed by atoms with Crippen LogP contribution in [0.1, 0.15) is 5.56 Å². The zero-order valence-corrected chi connectivity index (χ0v) is 12.9. The average Bonchev–Trinajstić information content (AvgIpc) is 2.72. The maximum atomic E-state index is 12.3. The second kappa shape index (κ2) is 6.88. The van der Waals surface area contributed by atoms with Crippen LogP contribution in [-0.2, 0) is 9.53 Å². The highest BCUT2D eigenvalue weighted by molar-refractivity contribution is 8.26. The van der Waals surface area contributed by atoms with Crippen LogP contribution in [0.2, 0.25) is 0 Å². The van der Waals surface area contributed by atoms with Gasteiger partial charge in [-0.25, -0.2) is 0 Å². The first-order valence-electron chi connectivity index (χ1n) is 6.04. The van der Waals surface area contributed by atoms with E-state index in [2.05, 4.69) is 0 Å². The Morgan fingerprint density at radius 3 is 2.80 bits per heavy atom. The van der Waals surface area contributed by atoms with Crippen LogP contribution < -0.4 is 4.74 Å². The van der Waals surface area contributed by atoms with Gasteiger partial charge in [0, 0.05) is 12.7 Å². The standard InChI is InChI=1S/C14H15NO3S2/c1-17-8-7-15-13(16)12(20-14(15)19)9-10-5-3-4-6-11(10)18-2/h3-6,9H,7-8H2,1-2H3. The molecule has 20 heavy (non-hydrogen) atoms. The van der Waals surface area contributed by atoms with Gasteiger partial charge in [0.05, 0.1) is 25.2 Å². The van der Waals surface area contributed by atoms with Gasteiger partial charge in [0.25, 0.3) is 5.91 Å². The number of ether oxygens (including phenoxy) is 2. The molecule has 1 aliphatic heterocycles. The molecule has 1 saturated heterocycles. The minimum atomic E-state index is -0.0806. The first kappa shape index (κ1) is 15.0. The van der Waals surface area contributed by atoms with Crippen LogP contribution in [0, 0.1) is 0 Å². The second-order valence-electron chi connectivity index (χ2n) is 4.07. The number of rotatable bonds is 5. The predicted octanol–water partition coefficient (Wildman–Crippen LogP) is 2.54. The Balaban J connectivity index is 2.23. The Hall–Kier alpha value is -1.37. The van der Waals surface area contributed by atoms with E-state index in [4.69, 9.17) is 21.7 Å². The fraction of sp³-hybridized carbons (Fsp3) is 0.286. The molecular formula is C14H15NO3S2. The second-order valence-corrected chi connectivity index (χ2v) is 5.74. The largest absolute Gasteiger partial charge is 0.496 e. The van der Waals surface area contributed by atoms with E-state index in [0.29, 0.717) is 22.4 Å². The average molecular weight is 309 g/mol. The van der Waals surface area contributed by atoms with E-state index in [1.165, 1.54) is 11.8 Å². The Labute approximate surface area is 127 Å². The number of thioether (sulfide) groups is 1. The lowest BCUT2D eigenvalue weighted by molar-refractivity contribution is -0.122. The molecule has 1 aliphatic rings. The van der Waals surface area contributed by atoms with Gasteiger partial charge < -0.3 is 9.47 Å². The molecule has 1 amide bonds. The van der Waals surface area contributed by atoms with E-state index in [1.807, 2.05) is 30.3 Å². The lowest BCUT2D eigenvalue weighted by atomic mass is 10.2. The van der Waals surface area contributed by atoms with E-state index in [0.717, 1.165) is 11.3 Å². The molecule has 1 aromatic rings. The summed E-state index contributed by atoms with van der Waals surface area (Å²) in [5.74, 6) is 0.651. The van der Waals surface area contributed by atoms with Crippen LogP contribution in [0.25, 0.3) is 6.08 Å². The third-order valence-corrected chi connectivity index (χ3v) is 4.20. The number of benzene rings is 1. The van der Waals surface area contributed by atoms with Crippen LogP contribution in [0.15, 0.2) is 29.2 Å². The van der Waals surface area contributed by atoms with Crippen molar-refractivity contribution in [3.63, 3.8) is 0 Å². The van der Waals surface area contributed by atoms with Gasteiger partial charge in [-0.1, -0.05) is 42.2 Å². The minimum absolute atomic E-state index is 0.0806. The summed E-state index contributed by atoms with van der Waals surface area (Å²) in [6.45, 7) is 0.943. The van der Waals surface area contributed by atoms with Crippen LogP contribution in [0.5, 0.6) is 5.75 Å². The molecule has 0 radical (unpaired) electrons. The molecule has 0 atom stereocenters. The molecule has 0 saturated carbocycles. The number of carbonyl (C=O) groups excluding carboxylic acids is 1. The van der Waals surface area contributed by atoms with Crippen LogP contribution in [-0.4, -0.2) is 42.5 Å². The Morgan fingerprint density at radius 2 is 2.10 bits per heavy atom. The van der Waals surface area contributed by atoms with Crippen molar-refractivity contribution in [3.8, 4) is 5.75 Å². The quantitative estimate of drug-likeness (QED) is 0.617. The van der Waals surface area contributed by atoms with Gasteiger partial charge >= 0.3 is 0 Å². The number of nitrogens with zero attached hydrogens (tertiary/aromatic N) is 1. The molecule has 0 spiro atoms. The van der Waals surface area contributed by atoms with Crippen molar-refractivity contribution >= 4 is 40.3 Å². The van der Waals surface area contributed by atoms with Crippen LogP contribution in [0.4, 0.5) is 0 Å². The summed E-state index contributed by atoms with van der Waals surface area (Å²) in [5, 5.41) is 0. The number of thiocarbonyl (C=S) groups is 1. The zero-order chi connectivity index (χ0) is 14.5. The van der Waals surface area contributed by atoms with Gasteiger partial charge in [-0.05, 0) is 12.1 Å². The molecule has 0 unspecified atom stereocenters. The maximum absolute atomic E-state index is 12.3. The van der Waals surface area contributed by atoms with E-state index in [1.54, 1.807) is 19.1 Å². The Bertz CT molecular complexity index is 557. The first-order valence-corrected chi connectivity index (χ1v) is 7.27. The molecule has 106 valence electrons. The molecule has 1 aromatic carbocycles. The van der Waals surface area contributed by atoms with Gasteiger partial charge in [-0.2, -0.15) is 0 Å². The van der Waals surface area contributed by atoms with Crippen LogP contribution >= 0.6 is 24.0 Å². The number of hydrogen-bond donors (Lipinski definition) is 0. The summed E-state index contributed by atoms with van der Waals surface area (Å²) >= 11 is 6.53. The Morgan fingerprint density at radius 1 is 1.35 bits per heavy atom. The van der Waals surface area contributed by atoms with Gasteiger partial charge in [0.1, 0.15) is 10.1 Å². The molecule has 0 bridgehead atoms. The van der Waals surface area contributed by atoms with E-state index < -0.39 is 0 Å². The highest BCUT2D eigenvalue weighted by atomic mass is 32.2. The zero-order valence-electron chi connectivity index (χ0n) is 11.3. The fourth-order valence-electron chi connectivity index (χ4n) is 1.80. The van der Waals surface area contributed by atoms with Crippen molar-refractivity contribution < 1.29 is 14.3 Å². The number of hydrogen-bond acceptors (Lipinski definition) is 5. The molecule has 0 aliphatic carbocycles. The monoisotopic (exact) mass is 309 g/mol. The lowest BCUT2D eigenvalue weighted by Crippen LogP contribution is -2.31. The molecule has 0 N–H and O–H groups in total. The third-order valence-electron chi connectivity index (χ3n) is 2.82. The normalized spacial score (nSPS) is 17.1. The fourth-order valence-corrected chi connectivity index (χ4v) is 3.10. The van der Waals surface area contributed by atoms with Crippen molar-refractivity contribution in [2.24, 2.45) is 0 Å². The molecule has 4 nitrogen and oxygen atoms in total. The summed E-state index contributed by atoms with van der Waals surface area (Å²) in [6, 6.07) is 7.55. The van der Waals surface area contributed by atoms with Crippen molar-refractivity contribution in [3.05, 3.63) is 34.7 Å². The highest BCUT2D eigenvalue weighted by Gasteiger charge is 2.31. The van der Waals surface area contributed by atoms with Crippen molar-refractivity contribution in [2.45, 2.75) is 0 Å². The minimum Gasteiger partial charge on any atom is -0.496 e. The molecule has 1 heterocycles. The smallest absolute Gasteiger partial charge is 0.266 e. The van der Waals surface area contributed by atoms with Gasteiger partial charge in [0.15, 0.2) is 0 Å². The SMILES string of the molecule is COCCN1C(=O)C(=Cc2ccccc2OC)SC1=S. The molecule has 0 aromatic heterocycles. The predicted molar refractivity (Wildman–Crippen MR) is 84.7 cm³/mol. The van der Waals surface area contributed by atoms with E-state index >= 15 is 0 Å².